The Morgan fingerprint density at radius 3 is 2.05 bits per heavy atom. The van der Waals surface area contributed by atoms with Crippen LogP contribution >= 0.6 is 15.9 Å². The van der Waals surface area contributed by atoms with Crippen LogP contribution in [0.2, 0.25) is 0 Å². The average Bonchev–Trinajstić information content (AvgIpc) is 2.91. The Balaban J connectivity index is 1.91. The van der Waals surface area contributed by atoms with Crippen LogP contribution in [0.5, 0.6) is 28.7 Å². The minimum absolute atomic E-state index is 0.107. The van der Waals surface area contributed by atoms with Gasteiger partial charge < -0.3 is 23.7 Å². The molecule has 38 heavy (non-hydrogen) atoms. The number of non-ortho nitro benzene ring substituents is 1. The molecule has 0 saturated carbocycles. The number of carbonyl (C=O) groups excluding carboxylic acids is 1. The molecule has 0 saturated heterocycles. The average molecular weight is 589 g/mol. The largest absolute Gasteiger partial charge is 0.493 e. The van der Waals surface area contributed by atoms with Crippen LogP contribution in [0.1, 0.15) is 21.5 Å². The number of carbonyl (C=O) groups is 1. The summed E-state index contributed by atoms with van der Waals surface area (Å²) in [5, 5.41) is 22.3. The standard InChI is InChI=1S/C25H21BrN2O10/c1-34-20-11-14(5-7-15-8-9-16(27(30)31)12-18(15)28(32)33)6-10-19(20)38-25(29)17-13-21(35-2)23(36-3)24(37-4)22(17)26/h5-13H,1-4H3/b7-5+. The van der Waals surface area contributed by atoms with Gasteiger partial charge in [-0.25, -0.2) is 4.79 Å². The molecule has 0 N–H and O–H groups in total. The van der Waals surface area contributed by atoms with Crippen molar-refractivity contribution in [2.75, 3.05) is 28.4 Å². The Morgan fingerprint density at radius 1 is 0.789 bits per heavy atom. The summed E-state index contributed by atoms with van der Waals surface area (Å²) >= 11 is 3.34. The first kappa shape index (κ1) is 27.9. The zero-order valence-electron chi connectivity index (χ0n) is 20.6. The molecule has 0 radical (unpaired) electrons. The number of esters is 1. The van der Waals surface area contributed by atoms with Gasteiger partial charge in [-0.3, -0.25) is 20.2 Å². The Hall–Kier alpha value is -4.65. The van der Waals surface area contributed by atoms with Crippen molar-refractivity contribution in [2.24, 2.45) is 0 Å². The van der Waals surface area contributed by atoms with Crippen LogP contribution in [0, 0.1) is 20.2 Å². The molecule has 13 heteroatoms. The molecule has 3 rings (SSSR count). The molecular formula is C25H21BrN2O10. The number of nitro groups is 2. The number of rotatable bonds is 10. The highest BCUT2D eigenvalue weighted by Gasteiger charge is 2.25. The number of ether oxygens (including phenoxy) is 5. The van der Waals surface area contributed by atoms with Crippen molar-refractivity contribution in [3.8, 4) is 28.7 Å². The number of methoxy groups -OCH3 is 4. The highest BCUT2D eigenvalue weighted by molar-refractivity contribution is 9.10. The summed E-state index contributed by atoms with van der Waals surface area (Å²) in [7, 11) is 5.65. The van der Waals surface area contributed by atoms with E-state index in [0.717, 1.165) is 6.07 Å². The van der Waals surface area contributed by atoms with E-state index in [4.69, 9.17) is 23.7 Å². The number of hydrogen-bond donors (Lipinski definition) is 0. The van der Waals surface area contributed by atoms with Crippen molar-refractivity contribution < 1.29 is 38.3 Å². The van der Waals surface area contributed by atoms with Gasteiger partial charge in [0.2, 0.25) is 5.75 Å². The Morgan fingerprint density at radius 2 is 1.47 bits per heavy atom. The van der Waals surface area contributed by atoms with E-state index >= 15 is 0 Å². The lowest BCUT2D eigenvalue weighted by Crippen LogP contribution is -2.11. The van der Waals surface area contributed by atoms with Gasteiger partial charge in [0.15, 0.2) is 23.0 Å². The van der Waals surface area contributed by atoms with Gasteiger partial charge in [0, 0.05) is 6.07 Å². The van der Waals surface area contributed by atoms with E-state index in [-0.39, 0.29) is 39.8 Å². The van der Waals surface area contributed by atoms with E-state index in [1.807, 2.05) is 0 Å². The predicted molar refractivity (Wildman–Crippen MR) is 140 cm³/mol. The van der Waals surface area contributed by atoms with Crippen LogP contribution < -0.4 is 23.7 Å². The SMILES string of the molecule is COc1cc(/C=C/c2ccc([N+](=O)[O-])cc2[N+](=O)[O-])ccc1OC(=O)c1cc(OC)c(OC)c(OC)c1Br. The summed E-state index contributed by atoms with van der Waals surface area (Å²) in [6.07, 6.45) is 2.99. The summed E-state index contributed by atoms with van der Waals surface area (Å²) in [4.78, 5) is 33.9. The third-order valence-electron chi connectivity index (χ3n) is 5.26. The van der Waals surface area contributed by atoms with E-state index < -0.39 is 21.5 Å². The Kier molecular flexibility index (Phi) is 8.86. The van der Waals surface area contributed by atoms with Crippen LogP contribution in [0.3, 0.4) is 0 Å². The first-order valence-corrected chi connectivity index (χ1v) is 11.4. The molecule has 0 aliphatic carbocycles. The fraction of sp³-hybridized carbons (Fsp3) is 0.160. The lowest BCUT2D eigenvalue weighted by atomic mass is 10.1. The maximum atomic E-state index is 13.0. The topological polar surface area (TPSA) is 149 Å². The summed E-state index contributed by atoms with van der Waals surface area (Å²) in [5.41, 5.74) is 0.0332. The van der Waals surface area contributed by atoms with Crippen molar-refractivity contribution in [1.82, 2.24) is 0 Å². The molecule has 198 valence electrons. The molecule has 0 bridgehead atoms. The van der Waals surface area contributed by atoms with Crippen molar-refractivity contribution in [1.29, 1.82) is 0 Å². The molecule has 3 aromatic rings. The van der Waals surface area contributed by atoms with Gasteiger partial charge in [-0.2, -0.15) is 0 Å². The van der Waals surface area contributed by atoms with Crippen molar-refractivity contribution in [3.63, 3.8) is 0 Å². The number of nitrogens with zero attached hydrogens (tertiary/aromatic N) is 2. The van der Waals surface area contributed by atoms with Gasteiger partial charge in [-0.15, -0.1) is 0 Å². The summed E-state index contributed by atoms with van der Waals surface area (Å²) in [6.45, 7) is 0. The summed E-state index contributed by atoms with van der Waals surface area (Å²) in [5.74, 6) is 0.373. The summed E-state index contributed by atoms with van der Waals surface area (Å²) < 4.78 is 27.2. The third kappa shape index (κ3) is 5.83. The number of nitro benzene ring substituents is 2. The quantitative estimate of drug-likeness (QED) is 0.0949. The minimum atomic E-state index is -0.737. The van der Waals surface area contributed by atoms with Gasteiger partial charge in [-0.05, 0) is 51.8 Å². The molecule has 3 aromatic carbocycles. The van der Waals surface area contributed by atoms with Crippen LogP contribution in [-0.2, 0) is 0 Å². The second-order valence-electron chi connectivity index (χ2n) is 7.40. The zero-order chi connectivity index (χ0) is 28.0. The van der Waals surface area contributed by atoms with Crippen molar-refractivity contribution in [3.05, 3.63) is 83.9 Å². The van der Waals surface area contributed by atoms with Crippen molar-refractivity contribution >= 4 is 45.4 Å². The van der Waals surface area contributed by atoms with Gasteiger partial charge in [-0.1, -0.05) is 12.1 Å². The summed E-state index contributed by atoms with van der Waals surface area (Å²) in [6, 6.07) is 9.45. The normalized spacial score (nSPS) is 10.7. The molecule has 0 atom stereocenters. The molecular weight excluding hydrogens is 568 g/mol. The first-order chi connectivity index (χ1) is 18.1. The van der Waals surface area contributed by atoms with E-state index in [1.54, 1.807) is 18.2 Å². The molecule has 0 aliphatic heterocycles. The molecule has 0 aliphatic rings. The van der Waals surface area contributed by atoms with Crippen LogP contribution in [0.15, 0.2) is 46.9 Å². The fourth-order valence-corrected chi connectivity index (χ4v) is 4.05. The van der Waals surface area contributed by atoms with Gasteiger partial charge in [0.1, 0.15) is 0 Å². The Bertz CT molecular complexity index is 1440. The minimum Gasteiger partial charge on any atom is -0.493 e. The van der Waals surface area contributed by atoms with E-state index in [9.17, 15) is 25.0 Å². The molecule has 12 nitrogen and oxygen atoms in total. The lowest BCUT2D eigenvalue weighted by molar-refractivity contribution is -0.394. The smallest absolute Gasteiger partial charge is 0.345 e. The number of halogens is 1. The maximum Gasteiger partial charge on any atom is 0.345 e. The second-order valence-corrected chi connectivity index (χ2v) is 8.19. The predicted octanol–water partition coefficient (Wildman–Crippen LogP) is 5.69. The van der Waals surface area contributed by atoms with Crippen molar-refractivity contribution in [2.45, 2.75) is 0 Å². The fourth-order valence-electron chi connectivity index (χ4n) is 3.43. The van der Waals surface area contributed by atoms with E-state index in [1.165, 1.54) is 58.8 Å². The highest BCUT2D eigenvalue weighted by Crippen LogP contribution is 2.45. The van der Waals surface area contributed by atoms with Crippen LogP contribution in [0.4, 0.5) is 11.4 Å². The van der Waals surface area contributed by atoms with Crippen LogP contribution in [-0.4, -0.2) is 44.3 Å². The van der Waals surface area contributed by atoms with E-state index in [0.29, 0.717) is 15.8 Å². The first-order valence-electron chi connectivity index (χ1n) is 10.6. The van der Waals surface area contributed by atoms with Gasteiger partial charge in [0.05, 0.1) is 60.0 Å². The molecule has 0 amide bonds. The highest BCUT2D eigenvalue weighted by atomic mass is 79.9. The van der Waals surface area contributed by atoms with Gasteiger partial charge >= 0.3 is 5.97 Å². The van der Waals surface area contributed by atoms with Gasteiger partial charge in [0.25, 0.3) is 11.4 Å². The van der Waals surface area contributed by atoms with E-state index in [2.05, 4.69) is 15.9 Å². The monoisotopic (exact) mass is 588 g/mol. The third-order valence-corrected chi connectivity index (χ3v) is 6.04. The molecule has 0 fully saturated rings. The maximum absolute atomic E-state index is 13.0. The molecule has 0 heterocycles. The molecule has 0 spiro atoms. The van der Waals surface area contributed by atoms with Crippen LogP contribution in [0.25, 0.3) is 12.2 Å². The second kappa shape index (κ2) is 12.1. The Labute approximate surface area is 224 Å². The zero-order valence-corrected chi connectivity index (χ0v) is 22.1. The lowest BCUT2D eigenvalue weighted by Gasteiger charge is -2.16. The number of benzene rings is 3. The number of hydrogen-bond acceptors (Lipinski definition) is 10. The molecule has 0 aromatic heterocycles. The molecule has 0 unspecified atom stereocenters.